The van der Waals surface area contributed by atoms with Crippen molar-refractivity contribution in [3.8, 4) is 5.75 Å². The number of fused-ring (bicyclic) bond motifs is 1. The second kappa shape index (κ2) is 9.96. The first-order valence-corrected chi connectivity index (χ1v) is 11.1. The van der Waals surface area contributed by atoms with Crippen molar-refractivity contribution in [2.75, 3.05) is 39.3 Å². The molecule has 2 aliphatic rings. The molecule has 0 spiro atoms. The molecule has 0 radical (unpaired) electrons. The fraction of sp³-hybridized carbons (Fsp3) is 0.440. The number of hydrogen-bond acceptors (Lipinski definition) is 4. The van der Waals surface area contributed by atoms with Gasteiger partial charge in [0.05, 0.1) is 6.54 Å². The number of hydrogen-bond donors (Lipinski definition) is 0. The third kappa shape index (κ3) is 5.64. The zero-order valence-corrected chi connectivity index (χ0v) is 18.3. The maximum atomic E-state index is 12.9. The third-order valence-corrected chi connectivity index (χ3v) is 6.15. The Morgan fingerprint density at radius 1 is 0.903 bits per heavy atom. The first-order chi connectivity index (χ1) is 15.1. The van der Waals surface area contributed by atoms with Crippen molar-refractivity contribution in [3.63, 3.8) is 0 Å². The van der Waals surface area contributed by atoms with Gasteiger partial charge in [-0.3, -0.25) is 14.5 Å². The van der Waals surface area contributed by atoms with Gasteiger partial charge in [-0.15, -0.1) is 0 Å². The molecule has 0 unspecified atom stereocenters. The van der Waals surface area contributed by atoms with Crippen LogP contribution < -0.4 is 4.74 Å². The van der Waals surface area contributed by atoms with Gasteiger partial charge in [0, 0.05) is 58.2 Å². The van der Waals surface area contributed by atoms with E-state index in [1.165, 1.54) is 11.1 Å². The van der Waals surface area contributed by atoms with Crippen molar-refractivity contribution in [2.24, 2.45) is 0 Å². The zero-order valence-electron chi connectivity index (χ0n) is 18.3. The van der Waals surface area contributed by atoms with Crippen LogP contribution in [0.25, 0.3) is 0 Å². The van der Waals surface area contributed by atoms with Gasteiger partial charge in [-0.2, -0.15) is 0 Å². The highest BCUT2D eigenvalue weighted by molar-refractivity contribution is 5.76. The van der Waals surface area contributed by atoms with Crippen LogP contribution in [0.4, 0.5) is 0 Å². The molecule has 1 fully saturated rings. The van der Waals surface area contributed by atoms with E-state index in [-0.39, 0.29) is 11.8 Å². The SMILES string of the molecule is CC(=O)N1CCN(Cc2ccc3c(c2)CN(C(=O)CCc2ccccc2)CCO3)CC1. The molecule has 2 aromatic rings. The quantitative estimate of drug-likeness (QED) is 0.745. The summed E-state index contributed by atoms with van der Waals surface area (Å²) < 4.78 is 5.93. The van der Waals surface area contributed by atoms with Gasteiger partial charge in [0.15, 0.2) is 0 Å². The molecule has 2 heterocycles. The molecule has 2 aliphatic heterocycles. The number of carbonyl (C=O) groups excluding carboxylic acids is 2. The lowest BCUT2D eigenvalue weighted by molar-refractivity contribution is -0.132. The van der Waals surface area contributed by atoms with Crippen molar-refractivity contribution in [2.45, 2.75) is 32.9 Å². The summed E-state index contributed by atoms with van der Waals surface area (Å²) in [4.78, 5) is 30.6. The summed E-state index contributed by atoms with van der Waals surface area (Å²) in [5.41, 5.74) is 3.48. The largest absolute Gasteiger partial charge is 0.491 e. The number of rotatable bonds is 5. The summed E-state index contributed by atoms with van der Waals surface area (Å²) in [5, 5.41) is 0. The molecule has 0 aliphatic carbocycles. The number of piperazine rings is 1. The van der Waals surface area contributed by atoms with E-state index < -0.39 is 0 Å². The van der Waals surface area contributed by atoms with Crippen molar-refractivity contribution < 1.29 is 14.3 Å². The van der Waals surface area contributed by atoms with Gasteiger partial charge >= 0.3 is 0 Å². The third-order valence-electron chi connectivity index (χ3n) is 6.15. The average Bonchev–Trinajstić information content (AvgIpc) is 3.01. The summed E-state index contributed by atoms with van der Waals surface area (Å²) >= 11 is 0. The molecule has 0 bridgehead atoms. The Morgan fingerprint density at radius 3 is 2.42 bits per heavy atom. The molecular weight excluding hydrogens is 390 g/mol. The van der Waals surface area contributed by atoms with E-state index in [2.05, 4.69) is 29.2 Å². The Hall–Kier alpha value is -2.86. The van der Waals surface area contributed by atoms with Crippen molar-refractivity contribution in [1.82, 2.24) is 14.7 Å². The number of nitrogens with zero attached hydrogens (tertiary/aromatic N) is 3. The zero-order chi connectivity index (χ0) is 21.6. The van der Waals surface area contributed by atoms with Gasteiger partial charge in [0.25, 0.3) is 0 Å². The van der Waals surface area contributed by atoms with Crippen molar-refractivity contribution in [1.29, 1.82) is 0 Å². The number of aryl methyl sites for hydroxylation is 1. The number of amides is 2. The molecule has 6 nitrogen and oxygen atoms in total. The fourth-order valence-electron chi connectivity index (χ4n) is 4.29. The summed E-state index contributed by atoms with van der Waals surface area (Å²) in [5.74, 6) is 1.20. The Balaban J connectivity index is 1.36. The average molecular weight is 422 g/mol. The molecule has 0 N–H and O–H groups in total. The lowest BCUT2D eigenvalue weighted by Crippen LogP contribution is -2.47. The highest BCUT2D eigenvalue weighted by atomic mass is 16.5. The summed E-state index contributed by atoms with van der Waals surface area (Å²) in [6.07, 6.45) is 1.27. The minimum Gasteiger partial charge on any atom is -0.491 e. The molecule has 164 valence electrons. The van der Waals surface area contributed by atoms with Crippen molar-refractivity contribution >= 4 is 11.8 Å². The van der Waals surface area contributed by atoms with E-state index in [1.807, 2.05) is 34.1 Å². The van der Waals surface area contributed by atoms with Gasteiger partial charge in [0.2, 0.25) is 11.8 Å². The molecule has 2 amide bonds. The summed E-state index contributed by atoms with van der Waals surface area (Å²) in [7, 11) is 0. The lowest BCUT2D eigenvalue weighted by Gasteiger charge is -2.34. The molecule has 0 atom stereocenters. The van der Waals surface area contributed by atoms with E-state index in [0.29, 0.717) is 26.1 Å². The second-order valence-corrected chi connectivity index (χ2v) is 8.37. The van der Waals surface area contributed by atoms with Crippen LogP contribution in [0, 0.1) is 0 Å². The molecule has 0 saturated carbocycles. The molecule has 4 rings (SSSR count). The first kappa shape index (κ1) is 21.4. The van der Waals surface area contributed by atoms with Gasteiger partial charge in [0.1, 0.15) is 12.4 Å². The summed E-state index contributed by atoms with van der Waals surface area (Å²) in [6.45, 7) is 7.56. The minimum atomic E-state index is 0.152. The maximum absolute atomic E-state index is 12.9. The van der Waals surface area contributed by atoms with E-state index in [0.717, 1.165) is 50.5 Å². The van der Waals surface area contributed by atoms with Crippen LogP contribution >= 0.6 is 0 Å². The minimum absolute atomic E-state index is 0.152. The topological polar surface area (TPSA) is 53.1 Å². The molecule has 1 saturated heterocycles. The Labute approximate surface area is 184 Å². The van der Waals surface area contributed by atoms with Gasteiger partial charge in [-0.1, -0.05) is 36.4 Å². The van der Waals surface area contributed by atoms with Crippen LogP contribution in [0.15, 0.2) is 48.5 Å². The van der Waals surface area contributed by atoms with Crippen LogP contribution in [0.1, 0.15) is 30.0 Å². The monoisotopic (exact) mass is 421 g/mol. The molecule has 31 heavy (non-hydrogen) atoms. The van der Waals surface area contributed by atoms with Gasteiger partial charge in [-0.05, 0) is 29.7 Å². The normalized spacial score (nSPS) is 16.9. The summed E-state index contributed by atoms with van der Waals surface area (Å²) in [6, 6.07) is 16.5. The number of carbonyl (C=O) groups is 2. The van der Waals surface area contributed by atoms with Crippen LogP contribution in [0.5, 0.6) is 5.75 Å². The standard InChI is InChI=1S/C25H31N3O3/c1-20(29)27-13-11-26(12-14-27)18-22-7-9-24-23(17-22)19-28(15-16-31-24)25(30)10-8-21-5-3-2-4-6-21/h2-7,9,17H,8,10-16,18-19H2,1H3. The van der Waals surface area contributed by atoms with Crippen LogP contribution in [0.2, 0.25) is 0 Å². The molecule has 0 aromatic heterocycles. The Morgan fingerprint density at radius 2 is 1.68 bits per heavy atom. The highest BCUT2D eigenvalue weighted by Gasteiger charge is 2.22. The second-order valence-electron chi connectivity index (χ2n) is 8.37. The van der Waals surface area contributed by atoms with E-state index in [1.54, 1.807) is 6.92 Å². The van der Waals surface area contributed by atoms with Crippen LogP contribution in [-0.4, -0.2) is 65.8 Å². The van der Waals surface area contributed by atoms with E-state index in [4.69, 9.17) is 4.74 Å². The Kier molecular flexibility index (Phi) is 6.87. The van der Waals surface area contributed by atoms with Gasteiger partial charge in [-0.25, -0.2) is 0 Å². The fourth-order valence-corrected chi connectivity index (χ4v) is 4.29. The van der Waals surface area contributed by atoms with Crippen LogP contribution in [0.3, 0.4) is 0 Å². The van der Waals surface area contributed by atoms with Crippen LogP contribution in [-0.2, 0) is 29.1 Å². The van der Waals surface area contributed by atoms with E-state index >= 15 is 0 Å². The number of ether oxygens (including phenoxy) is 1. The first-order valence-electron chi connectivity index (χ1n) is 11.1. The lowest BCUT2D eigenvalue weighted by atomic mass is 10.1. The Bertz CT molecular complexity index is 907. The van der Waals surface area contributed by atoms with Crippen molar-refractivity contribution in [3.05, 3.63) is 65.2 Å². The number of benzene rings is 2. The predicted molar refractivity (Wildman–Crippen MR) is 120 cm³/mol. The van der Waals surface area contributed by atoms with E-state index in [9.17, 15) is 9.59 Å². The predicted octanol–water partition coefficient (Wildman–Crippen LogP) is 2.70. The smallest absolute Gasteiger partial charge is 0.223 e. The maximum Gasteiger partial charge on any atom is 0.223 e. The molecule has 2 aromatic carbocycles. The van der Waals surface area contributed by atoms with Gasteiger partial charge < -0.3 is 14.5 Å². The highest BCUT2D eigenvalue weighted by Crippen LogP contribution is 2.26. The molecular formula is C25H31N3O3. The molecule has 6 heteroatoms.